The zero-order chi connectivity index (χ0) is 12.6. The monoisotopic (exact) mass is 380 g/mol. The van der Waals surface area contributed by atoms with Gasteiger partial charge in [0.1, 0.15) is 11.6 Å². The molecule has 2 rings (SSSR count). The average molecular weight is 382 g/mol. The molecule has 0 amide bonds. The number of hydrogen-bond donors (Lipinski definition) is 0. The summed E-state index contributed by atoms with van der Waals surface area (Å²) in [4.78, 5) is 0.380. The van der Waals surface area contributed by atoms with Gasteiger partial charge in [-0.15, -0.1) is 11.3 Å². The van der Waals surface area contributed by atoms with Crippen molar-refractivity contribution in [3.8, 4) is 0 Å². The van der Waals surface area contributed by atoms with Crippen molar-refractivity contribution in [1.82, 2.24) is 0 Å². The topological polar surface area (TPSA) is 0 Å². The summed E-state index contributed by atoms with van der Waals surface area (Å²) in [5.74, 6) is -1.03. The van der Waals surface area contributed by atoms with Crippen molar-refractivity contribution < 1.29 is 8.78 Å². The lowest BCUT2D eigenvalue weighted by atomic mass is 10.1. The van der Waals surface area contributed by atoms with E-state index in [4.69, 9.17) is 0 Å². The van der Waals surface area contributed by atoms with Gasteiger partial charge in [-0.3, -0.25) is 0 Å². The maximum atomic E-state index is 14.0. The molecular weight excluding hydrogens is 374 g/mol. The molecule has 0 aliphatic carbocycles. The molecule has 1 aromatic carbocycles. The van der Waals surface area contributed by atoms with Gasteiger partial charge in [0.2, 0.25) is 0 Å². The van der Waals surface area contributed by atoms with Crippen molar-refractivity contribution in [2.24, 2.45) is 0 Å². The molecule has 1 unspecified atom stereocenters. The van der Waals surface area contributed by atoms with Gasteiger partial charge in [0.05, 0.1) is 4.83 Å². The predicted octanol–water partition coefficient (Wildman–Crippen LogP) is 5.58. The van der Waals surface area contributed by atoms with Crippen LogP contribution in [0.15, 0.2) is 28.1 Å². The maximum absolute atomic E-state index is 14.0. The third-order valence-electron chi connectivity index (χ3n) is 2.45. The number of benzene rings is 1. The van der Waals surface area contributed by atoms with Crippen molar-refractivity contribution in [3.63, 3.8) is 0 Å². The minimum absolute atomic E-state index is 0.0631. The number of thiophene rings is 1. The lowest BCUT2D eigenvalue weighted by Gasteiger charge is -2.13. The van der Waals surface area contributed by atoms with Crippen LogP contribution in [0.2, 0.25) is 0 Å². The highest BCUT2D eigenvalue weighted by Crippen LogP contribution is 2.41. The molecule has 1 aromatic heterocycles. The largest absolute Gasteiger partial charge is 0.207 e. The van der Waals surface area contributed by atoms with E-state index in [0.717, 1.165) is 9.35 Å². The Bertz CT molecular complexity index is 551. The van der Waals surface area contributed by atoms with Crippen LogP contribution in [0.1, 0.15) is 20.8 Å². The van der Waals surface area contributed by atoms with Gasteiger partial charge < -0.3 is 0 Å². The molecule has 2 aromatic rings. The predicted molar refractivity (Wildman–Crippen MR) is 73.9 cm³/mol. The lowest BCUT2D eigenvalue weighted by Crippen LogP contribution is -2.01. The number of halogens is 4. The van der Waals surface area contributed by atoms with Gasteiger partial charge in [-0.25, -0.2) is 8.78 Å². The molecular formula is C12H8Br2F2S. The quantitative estimate of drug-likeness (QED) is 0.595. The minimum Gasteiger partial charge on any atom is -0.207 e. The third kappa shape index (κ3) is 2.46. The van der Waals surface area contributed by atoms with Crippen LogP contribution >= 0.6 is 43.2 Å². The fourth-order valence-corrected chi connectivity index (χ4v) is 4.41. The van der Waals surface area contributed by atoms with Gasteiger partial charge in [-0.1, -0.05) is 22.0 Å². The van der Waals surface area contributed by atoms with Gasteiger partial charge in [-0.05, 0) is 45.9 Å². The van der Waals surface area contributed by atoms with Crippen LogP contribution < -0.4 is 0 Å². The molecule has 1 atom stereocenters. The van der Waals surface area contributed by atoms with Crippen LogP contribution in [-0.2, 0) is 0 Å². The van der Waals surface area contributed by atoms with E-state index in [1.54, 1.807) is 6.92 Å². The molecule has 17 heavy (non-hydrogen) atoms. The van der Waals surface area contributed by atoms with E-state index in [1.165, 1.54) is 23.5 Å². The molecule has 0 saturated heterocycles. The van der Waals surface area contributed by atoms with E-state index >= 15 is 0 Å². The van der Waals surface area contributed by atoms with Crippen molar-refractivity contribution in [1.29, 1.82) is 0 Å². The molecule has 0 radical (unpaired) electrons. The van der Waals surface area contributed by atoms with E-state index in [2.05, 4.69) is 31.9 Å². The Morgan fingerprint density at radius 2 is 1.94 bits per heavy atom. The van der Waals surface area contributed by atoms with Crippen molar-refractivity contribution in [2.45, 2.75) is 11.8 Å². The Morgan fingerprint density at radius 1 is 1.24 bits per heavy atom. The first-order valence-electron chi connectivity index (χ1n) is 4.84. The number of rotatable bonds is 2. The molecule has 0 bridgehead atoms. The third-order valence-corrected chi connectivity index (χ3v) is 5.60. The summed E-state index contributed by atoms with van der Waals surface area (Å²) in [6.07, 6.45) is 0. The summed E-state index contributed by atoms with van der Waals surface area (Å²) in [6.45, 7) is 1.63. The highest BCUT2D eigenvalue weighted by atomic mass is 79.9. The second-order valence-corrected chi connectivity index (χ2v) is 6.30. The van der Waals surface area contributed by atoms with Gasteiger partial charge in [-0.2, -0.15) is 0 Å². The van der Waals surface area contributed by atoms with E-state index in [9.17, 15) is 8.78 Å². The molecule has 0 fully saturated rings. The molecule has 90 valence electrons. The van der Waals surface area contributed by atoms with Crippen molar-refractivity contribution in [3.05, 3.63) is 55.7 Å². The summed E-state index contributed by atoms with van der Waals surface area (Å²) >= 11 is 8.18. The summed E-state index contributed by atoms with van der Waals surface area (Å²) < 4.78 is 28.5. The smallest absolute Gasteiger partial charge is 0.133 e. The van der Waals surface area contributed by atoms with E-state index in [-0.39, 0.29) is 5.56 Å². The Morgan fingerprint density at radius 3 is 2.53 bits per heavy atom. The molecule has 0 N–H and O–H groups in total. The van der Waals surface area contributed by atoms with Gasteiger partial charge in [0.15, 0.2) is 0 Å². The van der Waals surface area contributed by atoms with Crippen LogP contribution in [0.5, 0.6) is 0 Å². The highest BCUT2D eigenvalue weighted by Gasteiger charge is 2.23. The molecule has 5 heteroatoms. The van der Waals surface area contributed by atoms with Crippen LogP contribution in [0.3, 0.4) is 0 Å². The van der Waals surface area contributed by atoms with E-state index < -0.39 is 16.5 Å². The van der Waals surface area contributed by atoms with Crippen molar-refractivity contribution >= 4 is 43.2 Å². The Labute approximate surface area is 119 Å². The first kappa shape index (κ1) is 13.2. The standard InChI is InChI=1S/C12H8Br2F2S/c1-6-2-3-8(15)9(11(6)16)10(14)12-7(13)4-5-17-12/h2-5,10H,1H3. The van der Waals surface area contributed by atoms with Crippen molar-refractivity contribution in [2.75, 3.05) is 0 Å². The first-order chi connectivity index (χ1) is 8.02. The fraction of sp³-hybridized carbons (Fsp3) is 0.167. The summed E-state index contributed by atoms with van der Waals surface area (Å²) in [7, 11) is 0. The zero-order valence-corrected chi connectivity index (χ0v) is 12.8. The molecule has 0 aliphatic rings. The van der Waals surface area contributed by atoms with Crippen LogP contribution in [-0.4, -0.2) is 0 Å². The van der Waals surface area contributed by atoms with E-state index in [0.29, 0.717) is 5.56 Å². The second-order valence-electron chi connectivity index (χ2n) is 3.59. The average Bonchev–Trinajstić information content (AvgIpc) is 2.70. The van der Waals surface area contributed by atoms with Gasteiger partial charge in [0.25, 0.3) is 0 Å². The summed E-state index contributed by atoms with van der Waals surface area (Å²) in [6, 6.07) is 4.60. The van der Waals surface area contributed by atoms with Crippen LogP contribution in [0.25, 0.3) is 0 Å². The number of alkyl halides is 1. The van der Waals surface area contributed by atoms with Crippen LogP contribution in [0.4, 0.5) is 8.78 Å². The second kappa shape index (κ2) is 5.16. The Hall–Kier alpha value is -0.260. The molecule has 1 heterocycles. The van der Waals surface area contributed by atoms with Crippen LogP contribution in [0, 0.1) is 18.6 Å². The Balaban J connectivity index is 2.55. The molecule has 0 aliphatic heterocycles. The number of hydrogen-bond acceptors (Lipinski definition) is 1. The van der Waals surface area contributed by atoms with Gasteiger partial charge in [0, 0.05) is 14.9 Å². The lowest BCUT2D eigenvalue weighted by molar-refractivity contribution is 0.555. The minimum atomic E-state index is -0.532. The first-order valence-corrected chi connectivity index (χ1v) is 7.42. The SMILES string of the molecule is Cc1ccc(F)c(C(Br)c2sccc2Br)c1F. The number of aryl methyl sites for hydroxylation is 1. The summed E-state index contributed by atoms with van der Waals surface area (Å²) in [5, 5.41) is 1.87. The molecule has 0 nitrogen and oxygen atoms in total. The maximum Gasteiger partial charge on any atom is 0.133 e. The fourth-order valence-electron chi connectivity index (χ4n) is 1.53. The summed E-state index contributed by atoms with van der Waals surface area (Å²) in [5.41, 5.74) is 0.506. The van der Waals surface area contributed by atoms with E-state index in [1.807, 2.05) is 11.4 Å². The normalized spacial score (nSPS) is 12.8. The molecule has 0 saturated carbocycles. The Kier molecular flexibility index (Phi) is 4.00. The zero-order valence-electron chi connectivity index (χ0n) is 8.81. The molecule has 0 spiro atoms. The van der Waals surface area contributed by atoms with Gasteiger partial charge >= 0.3 is 0 Å². The highest BCUT2D eigenvalue weighted by molar-refractivity contribution is 9.11.